The lowest BCUT2D eigenvalue weighted by Gasteiger charge is -2.21. The smallest absolute Gasteiger partial charge is 0.180 e. The summed E-state index contributed by atoms with van der Waals surface area (Å²) in [6.07, 6.45) is 0. The minimum absolute atomic E-state index is 0.0618. The SMILES string of the molecule is O=C1c2cccc(F)c2NCC1Br. The van der Waals surface area contributed by atoms with Crippen LogP contribution < -0.4 is 5.32 Å². The number of carbonyl (C=O) groups is 1. The lowest BCUT2D eigenvalue weighted by Crippen LogP contribution is -2.30. The maximum atomic E-state index is 13.1. The molecular weight excluding hydrogens is 237 g/mol. The number of para-hydroxylation sites is 1. The minimum atomic E-state index is -0.370. The highest BCUT2D eigenvalue weighted by Gasteiger charge is 2.26. The molecule has 0 aliphatic carbocycles. The number of hydrogen-bond acceptors (Lipinski definition) is 2. The zero-order chi connectivity index (χ0) is 9.42. The Morgan fingerprint density at radius 3 is 3.08 bits per heavy atom. The third-order valence-corrected chi connectivity index (χ3v) is 2.76. The molecule has 0 fully saturated rings. The maximum Gasteiger partial charge on any atom is 0.180 e. The second-order valence-corrected chi connectivity index (χ2v) is 3.98. The van der Waals surface area contributed by atoms with E-state index in [2.05, 4.69) is 21.2 Å². The zero-order valence-corrected chi connectivity index (χ0v) is 8.27. The van der Waals surface area contributed by atoms with Gasteiger partial charge in [0.05, 0.1) is 10.5 Å². The maximum absolute atomic E-state index is 13.1. The lowest BCUT2D eigenvalue weighted by atomic mass is 10.0. The van der Waals surface area contributed by atoms with Crippen LogP contribution in [0.4, 0.5) is 10.1 Å². The first-order chi connectivity index (χ1) is 6.20. The summed E-state index contributed by atoms with van der Waals surface area (Å²) in [6.45, 7) is 0.437. The molecule has 4 heteroatoms. The van der Waals surface area contributed by atoms with Crippen molar-refractivity contribution in [2.45, 2.75) is 4.83 Å². The van der Waals surface area contributed by atoms with Crippen LogP contribution in [0.25, 0.3) is 0 Å². The van der Waals surface area contributed by atoms with Crippen molar-refractivity contribution in [1.29, 1.82) is 0 Å². The van der Waals surface area contributed by atoms with Crippen molar-refractivity contribution in [3.8, 4) is 0 Å². The summed E-state index contributed by atoms with van der Waals surface area (Å²) in [5, 5.41) is 2.87. The monoisotopic (exact) mass is 243 g/mol. The van der Waals surface area contributed by atoms with Crippen LogP contribution in [0, 0.1) is 5.82 Å². The Morgan fingerprint density at radius 2 is 2.31 bits per heavy atom. The number of benzene rings is 1. The second kappa shape index (κ2) is 3.10. The fourth-order valence-corrected chi connectivity index (χ4v) is 1.77. The molecule has 1 unspecified atom stereocenters. The van der Waals surface area contributed by atoms with Crippen LogP contribution in [0.1, 0.15) is 10.4 Å². The standard InChI is InChI=1S/C9H7BrFNO/c10-6-4-12-8-5(9(6)13)2-1-3-7(8)11/h1-3,6,12H,4H2. The first-order valence-corrected chi connectivity index (χ1v) is 4.82. The molecule has 1 atom stereocenters. The van der Waals surface area contributed by atoms with Crippen LogP contribution in [0.5, 0.6) is 0 Å². The summed E-state index contributed by atoms with van der Waals surface area (Å²) in [5.74, 6) is -0.432. The van der Waals surface area contributed by atoms with E-state index in [9.17, 15) is 9.18 Å². The minimum Gasteiger partial charge on any atom is -0.380 e. The van der Waals surface area contributed by atoms with Gasteiger partial charge in [-0.1, -0.05) is 22.0 Å². The van der Waals surface area contributed by atoms with Gasteiger partial charge in [0.15, 0.2) is 5.78 Å². The number of rotatable bonds is 0. The Labute approximate surface area is 83.3 Å². The highest BCUT2D eigenvalue weighted by atomic mass is 79.9. The number of hydrogen-bond donors (Lipinski definition) is 1. The van der Waals surface area contributed by atoms with Gasteiger partial charge >= 0.3 is 0 Å². The molecule has 0 saturated heterocycles. The number of Topliss-reactive ketones (excluding diaryl/α,β-unsaturated/α-hetero) is 1. The Morgan fingerprint density at radius 1 is 1.54 bits per heavy atom. The van der Waals surface area contributed by atoms with Crippen molar-refractivity contribution in [3.63, 3.8) is 0 Å². The fraction of sp³-hybridized carbons (Fsp3) is 0.222. The molecule has 0 amide bonds. The number of carbonyl (C=O) groups excluding carboxylic acids is 1. The molecule has 0 radical (unpaired) electrons. The van der Waals surface area contributed by atoms with E-state index in [1.54, 1.807) is 12.1 Å². The van der Waals surface area contributed by atoms with Gasteiger partial charge in [-0.2, -0.15) is 0 Å². The van der Waals surface area contributed by atoms with Crippen molar-refractivity contribution >= 4 is 27.4 Å². The van der Waals surface area contributed by atoms with Crippen LogP contribution in [-0.2, 0) is 0 Å². The van der Waals surface area contributed by atoms with Crippen molar-refractivity contribution in [2.75, 3.05) is 11.9 Å². The van der Waals surface area contributed by atoms with Crippen LogP contribution in [0.3, 0.4) is 0 Å². The first kappa shape index (κ1) is 8.69. The van der Waals surface area contributed by atoms with Gasteiger partial charge in [-0.05, 0) is 12.1 Å². The largest absolute Gasteiger partial charge is 0.380 e. The van der Waals surface area contributed by atoms with Crippen LogP contribution in [0.2, 0.25) is 0 Å². The fourth-order valence-electron chi connectivity index (χ4n) is 1.36. The molecule has 1 aliphatic rings. The molecule has 1 aromatic rings. The molecule has 2 rings (SSSR count). The molecule has 1 aliphatic heterocycles. The van der Waals surface area contributed by atoms with Gasteiger partial charge in [0.2, 0.25) is 0 Å². The quantitative estimate of drug-likeness (QED) is 0.709. The Kier molecular flexibility index (Phi) is 2.07. The van der Waals surface area contributed by atoms with Gasteiger partial charge in [-0.15, -0.1) is 0 Å². The van der Waals surface area contributed by atoms with Gasteiger partial charge in [0.1, 0.15) is 5.82 Å². The molecule has 1 aromatic carbocycles. The second-order valence-electron chi connectivity index (χ2n) is 2.88. The predicted molar refractivity (Wildman–Crippen MR) is 51.9 cm³/mol. The summed E-state index contributed by atoms with van der Waals surface area (Å²) in [5.41, 5.74) is 0.747. The topological polar surface area (TPSA) is 29.1 Å². The average Bonchev–Trinajstić information content (AvgIpc) is 2.12. The van der Waals surface area contributed by atoms with Crippen molar-refractivity contribution in [2.24, 2.45) is 0 Å². The van der Waals surface area contributed by atoms with Gasteiger partial charge in [0, 0.05) is 12.1 Å². The van der Waals surface area contributed by atoms with Crippen molar-refractivity contribution < 1.29 is 9.18 Å². The number of fused-ring (bicyclic) bond motifs is 1. The van der Waals surface area contributed by atoms with E-state index >= 15 is 0 Å². The number of alkyl halides is 1. The van der Waals surface area contributed by atoms with Crippen LogP contribution >= 0.6 is 15.9 Å². The highest BCUT2D eigenvalue weighted by molar-refractivity contribution is 9.10. The zero-order valence-electron chi connectivity index (χ0n) is 6.68. The van der Waals surface area contributed by atoms with E-state index in [0.29, 0.717) is 17.8 Å². The number of halogens is 2. The predicted octanol–water partition coefficient (Wildman–Crippen LogP) is 2.20. The molecular formula is C9H7BrFNO. The third kappa shape index (κ3) is 1.35. The van der Waals surface area contributed by atoms with E-state index in [1.165, 1.54) is 6.07 Å². The number of ketones is 1. The first-order valence-electron chi connectivity index (χ1n) is 3.91. The molecule has 13 heavy (non-hydrogen) atoms. The normalized spacial score (nSPS) is 20.8. The molecule has 68 valence electrons. The lowest BCUT2D eigenvalue weighted by molar-refractivity contribution is 0.0991. The van der Waals surface area contributed by atoms with Crippen LogP contribution in [0.15, 0.2) is 18.2 Å². The summed E-state index contributed by atoms with van der Waals surface area (Å²) in [7, 11) is 0. The molecule has 0 saturated carbocycles. The van der Waals surface area contributed by atoms with E-state index in [-0.39, 0.29) is 16.4 Å². The Hall–Kier alpha value is -0.900. The van der Waals surface area contributed by atoms with Crippen LogP contribution in [-0.4, -0.2) is 17.2 Å². The molecule has 1 N–H and O–H groups in total. The van der Waals surface area contributed by atoms with E-state index in [0.717, 1.165) is 0 Å². The van der Waals surface area contributed by atoms with Gasteiger partial charge in [-0.3, -0.25) is 4.79 Å². The van der Waals surface area contributed by atoms with Gasteiger partial charge in [-0.25, -0.2) is 4.39 Å². The molecule has 0 spiro atoms. The molecule has 0 aromatic heterocycles. The summed E-state index contributed by atoms with van der Waals surface area (Å²) < 4.78 is 13.1. The molecule has 2 nitrogen and oxygen atoms in total. The van der Waals surface area contributed by atoms with E-state index in [4.69, 9.17) is 0 Å². The molecule has 1 heterocycles. The summed E-state index contributed by atoms with van der Waals surface area (Å²) in [4.78, 5) is 11.3. The average molecular weight is 244 g/mol. The third-order valence-electron chi connectivity index (χ3n) is 2.02. The van der Waals surface area contributed by atoms with Crippen molar-refractivity contribution in [3.05, 3.63) is 29.6 Å². The number of nitrogens with one attached hydrogen (secondary N) is 1. The Bertz CT molecular complexity index is 367. The Balaban J connectivity index is 2.55. The summed E-state index contributed by atoms with van der Waals surface area (Å²) >= 11 is 3.21. The van der Waals surface area contributed by atoms with Gasteiger partial charge < -0.3 is 5.32 Å². The highest BCUT2D eigenvalue weighted by Crippen LogP contribution is 2.27. The summed E-state index contributed by atoms with van der Waals surface area (Å²) in [6, 6.07) is 4.51. The number of anilines is 1. The van der Waals surface area contributed by atoms with Gasteiger partial charge in [0.25, 0.3) is 0 Å². The van der Waals surface area contributed by atoms with E-state index < -0.39 is 0 Å². The van der Waals surface area contributed by atoms with E-state index in [1.807, 2.05) is 0 Å². The van der Waals surface area contributed by atoms with Crippen molar-refractivity contribution in [1.82, 2.24) is 0 Å². The molecule has 0 bridgehead atoms.